The average Bonchev–Trinajstić information content (AvgIpc) is 2.40. The second-order valence-electron chi connectivity index (χ2n) is 6.72. The summed E-state index contributed by atoms with van der Waals surface area (Å²) in [6, 6.07) is 10.1. The first-order chi connectivity index (χ1) is 9.30. The Morgan fingerprint density at radius 2 is 1.80 bits per heavy atom. The van der Waals surface area contributed by atoms with Crippen LogP contribution in [0.3, 0.4) is 0 Å². The zero-order chi connectivity index (χ0) is 14.8. The number of carbonyl (C=O) groups is 1. The molecule has 0 bridgehead atoms. The van der Waals surface area contributed by atoms with Crippen LogP contribution in [0.5, 0.6) is 0 Å². The van der Waals surface area contributed by atoms with Crippen molar-refractivity contribution < 1.29 is 4.79 Å². The molecule has 1 heteroatoms. The molecule has 0 aliphatic heterocycles. The van der Waals surface area contributed by atoms with Gasteiger partial charge in [-0.1, -0.05) is 42.2 Å². The molecule has 0 amide bonds. The van der Waals surface area contributed by atoms with Crippen LogP contribution in [0.1, 0.15) is 46.1 Å². The van der Waals surface area contributed by atoms with Crippen molar-refractivity contribution in [3.63, 3.8) is 0 Å². The lowest BCUT2D eigenvalue weighted by molar-refractivity contribution is -0.115. The first kappa shape index (κ1) is 14.6. The van der Waals surface area contributed by atoms with Gasteiger partial charge in [-0.2, -0.15) is 0 Å². The normalized spacial score (nSPS) is 22.8. The van der Waals surface area contributed by atoms with Crippen molar-refractivity contribution in [2.45, 2.75) is 40.5 Å². The van der Waals surface area contributed by atoms with Gasteiger partial charge in [-0.3, -0.25) is 4.79 Å². The molecule has 0 saturated heterocycles. The van der Waals surface area contributed by atoms with E-state index in [4.69, 9.17) is 0 Å². The molecule has 0 fully saturated rings. The Labute approximate surface area is 122 Å². The third-order valence-corrected chi connectivity index (χ3v) is 3.57. The number of rotatable bonds is 1. The van der Waals surface area contributed by atoms with Crippen LogP contribution in [0.2, 0.25) is 0 Å². The average molecular weight is 266 g/mol. The third kappa shape index (κ3) is 3.39. The highest BCUT2D eigenvalue weighted by Crippen LogP contribution is 2.41. The van der Waals surface area contributed by atoms with E-state index in [1.165, 1.54) is 0 Å². The minimum Gasteiger partial charge on any atom is -0.295 e. The van der Waals surface area contributed by atoms with E-state index >= 15 is 0 Å². The van der Waals surface area contributed by atoms with Gasteiger partial charge in [0.25, 0.3) is 0 Å². The van der Waals surface area contributed by atoms with Gasteiger partial charge in [-0.05, 0) is 51.3 Å². The standard InChI is InChI=1S/C19H22O/c1-18(2,3)12-13-19(4)11-10-16(20)14-17(19)15-8-6-5-7-9-15/h5-9,14H,10-11H2,1-4H3. The van der Waals surface area contributed by atoms with E-state index in [1.54, 1.807) is 6.08 Å². The lowest BCUT2D eigenvalue weighted by Gasteiger charge is -2.31. The maximum atomic E-state index is 11.8. The highest BCUT2D eigenvalue weighted by atomic mass is 16.1. The van der Waals surface area contributed by atoms with Crippen LogP contribution in [0.15, 0.2) is 36.4 Å². The molecule has 1 aromatic carbocycles. The SMILES string of the molecule is CC(C)(C)C#CC1(C)CCC(=O)C=C1c1ccccc1. The van der Waals surface area contributed by atoms with E-state index in [9.17, 15) is 4.79 Å². The van der Waals surface area contributed by atoms with Crippen molar-refractivity contribution in [3.05, 3.63) is 42.0 Å². The fourth-order valence-corrected chi connectivity index (χ4v) is 2.38. The maximum absolute atomic E-state index is 11.8. The van der Waals surface area contributed by atoms with Crippen molar-refractivity contribution in [3.8, 4) is 11.8 Å². The van der Waals surface area contributed by atoms with E-state index in [2.05, 4.69) is 51.7 Å². The largest absolute Gasteiger partial charge is 0.295 e. The molecule has 104 valence electrons. The Balaban J connectivity index is 2.48. The van der Waals surface area contributed by atoms with Crippen LogP contribution in [-0.2, 0) is 4.79 Å². The number of allylic oxidation sites excluding steroid dienone is 2. The van der Waals surface area contributed by atoms with Gasteiger partial charge in [0.05, 0.1) is 5.41 Å². The number of carbonyl (C=O) groups excluding carboxylic acids is 1. The third-order valence-electron chi connectivity index (χ3n) is 3.57. The molecule has 1 aromatic rings. The number of ketones is 1. The highest BCUT2D eigenvalue weighted by molar-refractivity contribution is 6.00. The number of hydrogen-bond donors (Lipinski definition) is 0. The van der Waals surface area contributed by atoms with Gasteiger partial charge < -0.3 is 0 Å². The number of benzene rings is 1. The quantitative estimate of drug-likeness (QED) is 0.684. The summed E-state index contributed by atoms with van der Waals surface area (Å²) in [6.07, 6.45) is 3.18. The lowest BCUT2D eigenvalue weighted by Crippen LogP contribution is -2.23. The summed E-state index contributed by atoms with van der Waals surface area (Å²) in [5, 5.41) is 0. The van der Waals surface area contributed by atoms with Gasteiger partial charge in [0, 0.05) is 11.8 Å². The fourth-order valence-electron chi connectivity index (χ4n) is 2.38. The molecular weight excluding hydrogens is 244 g/mol. The highest BCUT2D eigenvalue weighted by Gasteiger charge is 2.32. The summed E-state index contributed by atoms with van der Waals surface area (Å²) in [6.45, 7) is 8.49. The Morgan fingerprint density at radius 3 is 2.40 bits per heavy atom. The summed E-state index contributed by atoms with van der Waals surface area (Å²) < 4.78 is 0. The summed E-state index contributed by atoms with van der Waals surface area (Å²) in [5.41, 5.74) is 1.91. The van der Waals surface area contributed by atoms with Gasteiger partial charge in [-0.25, -0.2) is 0 Å². The zero-order valence-corrected chi connectivity index (χ0v) is 12.8. The predicted molar refractivity (Wildman–Crippen MR) is 84.0 cm³/mol. The summed E-state index contributed by atoms with van der Waals surface area (Å²) in [7, 11) is 0. The van der Waals surface area contributed by atoms with Crippen LogP contribution in [0, 0.1) is 22.7 Å². The van der Waals surface area contributed by atoms with Crippen molar-refractivity contribution in [2.75, 3.05) is 0 Å². The van der Waals surface area contributed by atoms with E-state index in [1.807, 2.05) is 18.2 Å². The lowest BCUT2D eigenvalue weighted by atomic mass is 9.71. The molecule has 1 aliphatic rings. The molecule has 0 saturated carbocycles. The molecule has 1 aliphatic carbocycles. The Morgan fingerprint density at radius 1 is 1.15 bits per heavy atom. The molecule has 0 spiro atoms. The van der Waals surface area contributed by atoms with Crippen molar-refractivity contribution in [2.24, 2.45) is 10.8 Å². The minimum absolute atomic E-state index is 0.0216. The minimum atomic E-state index is -0.234. The molecule has 0 N–H and O–H groups in total. The summed E-state index contributed by atoms with van der Waals surface area (Å²) >= 11 is 0. The second-order valence-corrected chi connectivity index (χ2v) is 6.72. The first-order valence-corrected chi connectivity index (χ1v) is 7.15. The summed E-state index contributed by atoms with van der Waals surface area (Å²) in [4.78, 5) is 11.8. The summed E-state index contributed by atoms with van der Waals surface area (Å²) in [5.74, 6) is 6.99. The van der Waals surface area contributed by atoms with E-state index in [0.29, 0.717) is 6.42 Å². The van der Waals surface area contributed by atoms with E-state index in [-0.39, 0.29) is 16.6 Å². The molecule has 2 rings (SSSR count). The van der Waals surface area contributed by atoms with Gasteiger partial charge in [0.1, 0.15) is 0 Å². The molecule has 0 aromatic heterocycles. The van der Waals surface area contributed by atoms with Crippen LogP contribution in [0.4, 0.5) is 0 Å². The second kappa shape index (κ2) is 5.29. The molecule has 0 heterocycles. The first-order valence-electron chi connectivity index (χ1n) is 7.15. The van der Waals surface area contributed by atoms with Gasteiger partial charge >= 0.3 is 0 Å². The van der Waals surface area contributed by atoms with E-state index in [0.717, 1.165) is 17.6 Å². The van der Waals surface area contributed by atoms with Crippen LogP contribution in [0.25, 0.3) is 5.57 Å². The number of hydrogen-bond acceptors (Lipinski definition) is 1. The van der Waals surface area contributed by atoms with Crippen molar-refractivity contribution in [1.82, 2.24) is 0 Å². The molecule has 20 heavy (non-hydrogen) atoms. The fraction of sp³-hybridized carbons (Fsp3) is 0.421. The monoisotopic (exact) mass is 266 g/mol. The smallest absolute Gasteiger partial charge is 0.156 e. The molecule has 1 unspecified atom stereocenters. The van der Waals surface area contributed by atoms with Gasteiger partial charge in [-0.15, -0.1) is 0 Å². The van der Waals surface area contributed by atoms with Crippen LogP contribution < -0.4 is 0 Å². The van der Waals surface area contributed by atoms with Crippen molar-refractivity contribution >= 4 is 11.4 Å². The van der Waals surface area contributed by atoms with Gasteiger partial charge in [0.2, 0.25) is 0 Å². The molecule has 0 radical (unpaired) electrons. The maximum Gasteiger partial charge on any atom is 0.156 e. The molecule has 1 nitrogen and oxygen atoms in total. The Hall–Kier alpha value is -1.81. The Bertz CT molecular complexity index is 590. The van der Waals surface area contributed by atoms with Gasteiger partial charge in [0.15, 0.2) is 5.78 Å². The molecule has 1 atom stereocenters. The topological polar surface area (TPSA) is 17.1 Å². The molecular formula is C19H22O. The van der Waals surface area contributed by atoms with E-state index < -0.39 is 0 Å². The van der Waals surface area contributed by atoms with Crippen LogP contribution in [-0.4, -0.2) is 5.78 Å². The van der Waals surface area contributed by atoms with Crippen LogP contribution >= 0.6 is 0 Å². The Kier molecular flexibility index (Phi) is 3.86. The zero-order valence-electron chi connectivity index (χ0n) is 12.8. The van der Waals surface area contributed by atoms with Crippen molar-refractivity contribution in [1.29, 1.82) is 0 Å². The predicted octanol–water partition coefficient (Wildman–Crippen LogP) is 4.49.